The molecule has 1 atom stereocenters. The molecule has 1 fully saturated rings. The third kappa shape index (κ3) is 2.02. The Morgan fingerprint density at radius 2 is 2.33 bits per heavy atom. The lowest BCUT2D eigenvalue weighted by molar-refractivity contribution is 0.455. The highest BCUT2D eigenvalue weighted by Crippen LogP contribution is 2.08. The highest BCUT2D eigenvalue weighted by molar-refractivity contribution is 4.86. The lowest BCUT2D eigenvalue weighted by Gasteiger charge is -2.11. The first-order valence-electron chi connectivity index (χ1n) is 5.15. The van der Waals surface area contributed by atoms with Crippen LogP contribution in [0.25, 0.3) is 0 Å². The van der Waals surface area contributed by atoms with Crippen molar-refractivity contribution < 1.29 is 0 Å². The summed E-state index contributed by atoms with van der Waals surface area (Å²) >= 11 is 0. The fraction of sp³-hybridized carbons (Fsp3) is 0.600. The molecular weight excluding hydrogens is 194 g/mol. The van der Waals surface area contributed by atoms with Gasteiger partial charge in [-0.1, -0.05) is 0 Å². The molecule has 5 nitrogen and oxygen atoms in total. The molecule has 0 unspecified atom stereocenters. The van der Waals surface area contributed by atoms with E-state index in [9.17, 15) is 9.59 Å². The van der Waals surface area contributed by atoms with Crippen LogP contribution in [0.4, 0.5) is 0 Å². The SMILES string of the molecule is Cn1c(=O)ccn(C[C@@H]2CCNC2)c1=O. The largest absolute Gasteiger partial charge is 0.330 e. The minimum absolute atomic E-state index is 0.227. The van der Waals surface area contributed by atoms with Crippen LogP contribution in [0.2, 0.25) is 0 Å². The van der Waals surface area contributed by atoms with Crippen LogP contribution in [0.5, 0.6) is 0 Å². The number of hydrogen-bond donors (Lipinski definition) is 1. The molecule has 5 heteroatoms. The Labute approximate surface area is 87.3 Å². The molecular formula is C10H15N3O2. The van der Waals surface area contributed by atoms with E-state index in [1.165, 1.54) is 13.1 Å². The van der Waals surface area contributed by atoms with Gasteiger partial charge in [-0.05, 0) is 25.4 Å². The van der Waals surface area contributed by atoms with Crippen LogP contribution in [0.1, 0.15) is 6.42 Å². The molecule has 2 rings (SSSR count). The number of nitrogens with zero attached hydrogens (tertiary/aromatic N) is 2. The second-order valence-corrected chi connectivity index (χ2v) is 4.01. The summed E-state index contributed by atoms with van der Waals surface area (Å²) in [5, 5.41) is 3.25. The van der Waals surface area contributed by atoms with Crippen molar-refractivity contribution in [1.29, 1.82) is 0 Å². The van der Waals surface area contributed by atoms with Gasteiger partial charge in [0, 0.05) is 25.9 Å². The van der Waals surface area contributed by atoms with Crippen LogP contribution >= 0.6 is 0 Å². The highest BCUT2D eigenvalue weighted by Gasteiger charge is 2.15. The molecule has 1 N–H and O–H groups in total. The number of nitrogens with one attached hydrogen (secondary N) is 1. The first-order chi connectivity index (χ1) is 7.18. The van der Waals surface area contributed by atoms with Crippen molar-refractivity contribution in [2.45, 2.75) is 13.0 Å². The van der Waals surface area contributed by atoms with Crippen LogP contribution in [0, 0.1) is 5.92 Å². The topological polar surface area (TPSA) is 56.0 Å². The van der Waals surface area contributed by atoms with E-state index >= 15 is 0 Å². The van der Waals surface area contributed by atoms with Crippen LogP contribution in [0.3, 0.4) is 0 Å². The summed E-state index contributed by atoms with van der Waals surface area (Å²) < 4.78 is 2.75. The molecule has 82 valence electrons. The fourth-order valence-electron chi connectivity index (χ4n) is 1.90. The molecule has 1 aromatic heterocycles. The van der Waals surface area contributed by atoms with Crippen molar-refractivity contribution in [3.63, 3.8) is 0 Å². The van der Waals surface area contributed by atoms with Crippen LogP contribution in [0.15, 0.2) is 21.9 Å². The first-order valence-corrected chi connectivity index (χ1v) is 5.15. The minimum atomic E-state index is -0.249. The molecule has 1 aliphatic rings. The number of hydrogen-bond acceptors (Lipinski definition) is 3. The third-order valence-electron chi connectivity index (χ3n) is 2.88. The molecule has 15 heavy (non-hydrogen) atoms. The smallest absolute Gasteiger partial charge is 0.316 e. The maximum absolute atomic E-state index is 11.7. The number of rotatable bonds is 2. The molecule has 0 radical (unpaired) electrons. The van der Waals surface area contributed by atoms with E-state index in [0.717, 1.165) is 24.1 Å². The third-order valence-corrected chi connectivity index (χ3v) is 2.88. The predicted molar refractivity (Wildman–Crippen MR) is 56.9 cm³/mol. The van der Waals surface area contributed by atoms with Crippen LogP contribution in [-0.4, -0.2) is 22.2 Å². The van der Waals surface area contributed by atoms with Gasteiger partial charge in [-0.15, -0.1) is 0 Å². The van der Waals surface area contributed by atoms with Gasteiger partial charge in [0.2, 0.25) is 0 Å². The maximum atomic E-state index is 11.7. The summed E-state index contributed by atoms with van der Waals surface area (Å²) in [4.78, 5) is 22.8. The number of aromatic nitrogens is 2. The van der Waals surface area contributed by atoms with Crippen LogP contribution < -0.4 is 16.6 Å². The van der Waals surface area contributed by atoms with Gasteiger partial charge in [-0.25, -0.2) is 4.79 Å². The Morgan fingerprint density at radius 1 is 1.53 bits per heavy atom. The summed E-state index contributed by atoms with van der Waals surface area (Å²) in [6, 6.07) is 1.43. The van der Waals surface area contributed by atoms with E-state index in [1.807, 2.05) is 0 Å². The molecule has 0 bridgehead atoms. The van der Waals surface area contributed by atoms with E-state index < -0.39 is 0 Å². The van der Waals surface area contributed by atoms with E-state index in [4.69, 9.17) is 0 Å². The Bertz CT molecular complexity index is 454. The van der Waals surface area contributed by atoms with E-state index in [0.29, 0.717) is 12.5 Å². The minimum Gasteiger partial charge on any atom is -0.316 e. The zero-order valence-electron chi connectivity index (χ0n) is 8.77. The van der Waals surface area contributed by atoms with Crippen molar-refractivity contribution in [3.05, 3.63) is 33.1 Å². The van der Waals surface area contributed by atoms with Crippen molar-refractivity contribution in [2.75, 3.05) is 13.1 Å². The normalized spacial score (nSPS) is 20.7. The Morgan fingerprint density at radius 3 is 3.00 bits per heavy atom. The van der Waals surface area contributed by atoms with Crippen LogP contribution in [-0.2, 0) is 13.6 Å². The Balaban J connectivity index is 2.25. The monoisotopic (exact) mass is 209 g/mol. The average molecular weight is 209 g/mol. The van der Waals surface area contributed by atoms with Gasteiger partial charge in [-0.2, -0.15) is 0 Å². The van der Waals surface area contributed by atoms with Gasteiger partial charge in [0.05, 0.1) is 0 Å². The van der Waals surface area contributed by atoms with Gasteiger partial charge < -0.3 is 9.88 Å². The quantitative estimate of drug-likeness (QED) is 0.690. The van der Waals surface area contributed by atoms with Crippen molar-refractivity contribution in [3.8, 4) is 0 Å². The molecule has 1 aromatic rings. The standard InChI is InChI=1S/C10H15N3O2/c1-12-9(14)3-5-13(10(12)15)7-8-2-4-11-6-8/h3,5,8,11H,2,4,6-7H2,1H3/t8-/m1/s1. The average Bonchev–Trinajstić information content (AvgIpc) is 2.72. The molecule has 1 aliphatic heterocycles. The summed E-state index contributed by atoms with van der Waals surface area (Å²) in [6.07, 6.45) is 2.68. The maximum Gasteiger partial charge on any atom is 0.330 e. The lowest BCUT2D eigenvalue weighted by Crippen LogP contribution is -2.38. The van der Waals surface area contributed by atoms with E-state index in [-0.39, 0.29) is 11.2 Å². The van der Waals surface area contributed by atoms with Crippen molar-refractivity contribution >= 4 is 0 Å². The molecule has 0 saturated carbocycles. The van der Waals surface area contributed by atoms with Crippen molar-refractivity contribution in [2.24, 2.45) is 13.0 Å². The van der Waals surface area contributed by atoms with E-state index in [2.05, 4.69) is 5.32 Å². The lowest BCUT2D eigenvalue weighted by atomic mass is 10.1. The summed E-state index contributed by atoms with van der Waals surface area (Å²) in [5.74, 6) is 0.500. The van der Waals surface area contributed by atoms with Gasteiger partial charge in [0.1, 0.15) is 0 Å². The Hall–Kier alpha value is -1.36. The van der Waals surface area contributed by atoms with E-state index in [1.54, 1.807) is 10.8 Å². The fourth-order valence-corrected chi connectivity index (χ4v) is 1.90. The van der Waals surface area contributed by atoms with Gasteiger partial charge in [0.15, 0.2) is 0 Å². The molecule has 0 spiro atoms. The second-order valence-electron chi connectivity index (χ2n) is 4.01. The second kappa shape index (κ2) is 4.02. The molecule has 1 saturated heterocycles. The molecule has 0 aromatic carbocycles. The molecule has 0 amide bonds. The van der Waals surface area contributed by atoms with Gasteiger partial charge in [0.25, 0.3) is 5.56 Å². The van der Waals surface area contributed by atoms with Crippen molar-refractivity contribution in [1.82, 2.24) is 14.5 Å². The van der Waals surface area contributed by atoms with Gasteiger partial charge in [-0.3, -0.25) is 9.36 Å². The zero-order valence-corrected chi connectivity index (χ0v) is 8.77. The summed E-state index contributed by atoms with van der Waals surface area (Å²) in [5.41, 5.74) is -0.477. The predicted octanol–water partition coefficient (Wildman–Crippen LogP) is -0.843. The first kappa shape index (κ1) is 10.2. The molecule has 0 aliphatic carbocycles. The zero-order chi connectivity index (χ0) is 10.8. The highest BCUT2D eigenvalue weighted by atomic mass is 16.2. The summed E-state index contributed by atoms with van der Waals surface area (Å²) in [7, 11) is 1.51. The van der Waals surface area contributed by atoms with Gasteiger partial charge >= 0.3 is 5.69 Å². The summed E-state index contributed by atoms with van der Waals surface area (Å²) in [6.45, 7) is 2.67. The Kier molecular flexibility index (Phi) is 2.73. The molecule has 2 heterocycles.